The van der Waals surface area contributed by atoms with Gasteiger partial charge in [-0.15, -0.1) is 0 Å². The number of nitrogens with one attached hydrogen (secondary N) is 1. The van der Waals surface area contributed by atoms with Crippen LogP contribution in [0, 0.1) is 0 Å². The number of hydrogen-bond donors (Lipinski definition) is 1. The van der Waals surface area contributed by atoms with Gasteiger partial charge in [-0.3, -0.25) is 0 Å². The van der Waals surface area contributed by atoms with Crippen LogP contribution in [0.15, 0.2) is 42.6 Å². The molecule has 1 heterocycles. The van der Waals surface area contributed by atoms with Crippen LogP contribution in [0.4, 0.5) is 5.13 Å². The highest BCUT2D eigenvalue weighted by atomic mass is 32.1. The van der Waals surface area contributed by atoms with Crippen molar-refractivity contribution in [1.82, 2.24) is 4.98 Å². The Balaban J connectivity index is 2.06. The summed E-state index contributed by atoms with van der Waals surface area (Å²) in [5, 5.41) is 6.65. The summed E-state index contributed by atoms with van der Waals surface area (Å²) in [7, 11) is 1.71. The zero-order chi connectivity index (χ0) is 14.7. The Kier molecular flexibility index (Phi) is 4.06. The molecule has 108 valence electrons. The van der Waals surface area contributed by atoms with E-state index in [0.29, 0.717) is 0 Å². The van der Waals surface area contributed by atoms with Gasteiger partial charge in [-0.05, 0) is 23.9 Å². The lowest BCUT2D eigenvalue weighted by molar-refractivity contribution is 0.420. The number of ether oxygens (including phenoxy) is 1. The molecule has 3 rings (SSSR count). The lowest BCUT2D eigenvalue weighted by Crippen LogP contribution is -1.97. The number of hydrogen-bond acceptors (Lipinski definition) is 4. The van der Waals surface area contributed by atoms with Crippen molar-refractivity contribution >= 4 is 27.2 Å². The monoisotopic (exact) mass is 298 g/mol. The van der Waals surface area contributed by atoms with Crippen molar-refractivity contribution < 1.29 is 4.74 Å². The SMILES string of the molecule is CCCNc1ncc(-c2ccc(OC)c3ccccc23)s1. The van der Waals surface area contributed by atoms with E-state index >= 15 is 0 Å². The van der Waals surface area contributed by atoms with E-state index in [1.165, 1.54) is 15.8 Å². The Hall–Kier alpha value is -2.07. The maximum atomic E-state index is 5.45. The Labute approximate surface area is 128 Å². The molecule has 0 aliphatic carbocycles. The van der Waals surface area contributed by atoms with Crippen molar-refractivity contribution in [2.24, 2.45) is 0 Å². The molecule has 0 atom stereocenters. The molecule has 2 aromatic carbocycles. The fourth-order valence-corrected chi connectivity index (χ4v) is 3.26. The van der Waals surface area contributed by atoms with Crippen LogP contribution in [0.25, 0.3) is 21.2 Å². The van der Waals surface area contributed by atoms with Gasteiger partial charge >= 0.3 is 0 Å². The molecular formula is C17H18N2OS. The second-order valence-corrected chi connectivity index (χ2v) is 5.85. The number of anilines is 1. The highest BCUT2D eigenvalue weighted by molar-refractivity contribution is 7.19. The minimum atomic E-state index is 0.906. The molecule has 0 unspecified atom stereocenters. The summed E-state index contributed by atoms with van der Waals surface area (Å²) in [5.41, 5.74) is 1.20. The molecule has 3 aromatic rings. The third kappa shape index (κ3) is 2.72. The normalized spacial score (nSPS) is 10.8. The quantitative estimate of drug-likeness (QED) is 0.735. The summed E-state index contributed by atoms with van der Waals surface area (Å²) in [6.45, 7) is 3.11. The van der Waals surface area contributed by atoms with E-state index in [2.05, 4.69) is 41.5 Å². The van der Waals surface area contributed by atoms with E-state index < -0.39 is 0 Å². The summed E-state index contributed by atoms with van der Waals surface area (Å²) >= 11 is 1.69. The average Bonchev–Trinajstić information content (AvgIpc) is 3.00. The van der Waals surface area contributed by atoms with Crippen LogP contribution in [0.3, 0.4) is 0 Å². The molecule has 21 heavy (non-hydrogen) atoms. The van der Waals surface area contributed by atoms with Crippen molar-refractivity contribution in [3.63, 3.8) is 0 Å². The van der Waals surface area contributed by atoms with Crippen LogP contribution in [0.1, 0.15) is 13.3 Å². The van der Waals surface area contributed by atoms with Gasteiger partial charge in [0.05, 0.1) is 12.0 Å². The summed E-state index contributed by atoms with van der Waals surface area (Å²) in [6, 6.07) is 12.5. The first-order valence-electron chi connectivity index (χ1n) is 7.09. The zero-order valence-electron chi connectivity index (χ0n) is 12.2. The molecule has 0 radical (unpaired) electrons. The van der Waals surface area contributed by atoms with Gasteiger partial charge in [-0.2, -0.15) is 0 Å². The number of fused-ring (bicyclic) bond motifs is 1. The van der Waals surface area contributed by atoms with Gasteiger partial charge in [-0.1, -0.05) is 42.5 Å². The maximum absolute atomic E-state index is 5.45. The molecule has 0 saturated carbocycles. The largest absolute Gasteiger partial charge is 0.496 e. The van der Waals surface area contributed by atoms with E-state index in [-0.39, 0.29) is 0 Å². The van der Waals surface area contributed by atoms with Crippen LogP contribution in [0.5, 0.6) is 5.75 Å². The number of aromatic nitrogens is 1. The first-order valence-corrected chi connectivity index (χ1v) is 7.91. The van der Waals surface area contributed by atoms with Crippen LogP contribution < -0.4 is 10.1 Å². The number of methoxy groups -OCH3 is 1. The van der Waals surface area contributed by atoms with Gasteiger partial charge in [0, 0.05) is 23.7 Å². The number of nitrogens with zero attached hydrogens (tertiary/aromatic N) is 1. The smallest absolute Gasteiger partial charge is 0.183 e. The molecule has 1 aromatic heterocycles. The molecule has 0 spiro atoms. The van der Waals surface area contributed by atoms with Crippen LogP contribution in [-0.2, 0) is 0 Å². The first-order chi connectivity index (χ1) is 10.3. The Morgan fingerprint density at radius 2 is 1.95 bits per heavy atom. The van der Waals surface area contributed by atoms with Gasteiger partial charge in [0.1, 0.15) is 5.75 Å². The minimum Gasteiger partial charge on any atom is -0.496 e. The highest BCUT2D eigenvalue weighted by Crippen LogP contribution is 2.37. The van der Waals surface area contributed by atoms with Crippen molar-refractivity contribution in [2.75, 3.05) is 19.0 Å². The summed E-state index contributed by atoms with van der Waals surface area (Å²) in [5.74, 6) is 0.906. The van der Waals surface area contributed by atoms with E-state index in [4.69, 9.17) is 4.74 Å². The predicted molar refractivity (Wildman–Crippen MR) is 90.4 cm³/mol. The average molecular weight is 298 g/mol. The van der Waals surface area contributed by atoms with Crippen molar-refractivity contribution in [1.29, 1.82) is 0 Å². The maximum Gasteiger partial charge on any atom is 0.183 e. The minimum absolute atomic E-state index is 0.906. The summed E-state index contributed by atoms with van der Waals surface area (Å²) in [4.78, 5) is 5.63. The molecule has 3 nitrogen and oxygen atoms in total. The molecule has 1 N–H and O–H groups in total. The van der Waals surface area contributed by atoms with Gasteiger partial charge in [0.25, 0.3) is 0 Å². The highest BCUT2D eigenvalue weighted by Gasteiger charge is 2.10. The van der Waals surface area contributed by atoms with Gasteiger partial charge < -0.3 is 10.1 Å². The van der Waals surface area contributed by atoms with Crippen molar-refractivity contribution in [2.45, 2.75) is 13.3 Å². The fraction of sp³-hybridized carbons (Fsp3) is 0.235. The third-order valence-electron chi connectivity index (χ3n) is 3.40. The fourth-order valence-electron chi connectivity index (χ4n) is 2.38. The second kappa shape index (κ2) is 6.14. The molecule has 0 aliphatic rings. The van der Waals surface area contributed by atoms with Gasteiger partial charge in [-0.25, -0.2) is 4.98 Å². The standard InChI is InChI=1S/C17H18N2OS/c1-3-10-18-17-19-11-16(21-17)14-8-9-15(20-2)13-7-5-4-6-12(13)14/h4-9,11H,3,10H2,1-2H3,(H,18,19). The zero-order valence-corrected chi connectivity index (χ0v) is 13.0. The van der Waals surface area contributed by atoms with E-state index in [1.54, 1.807) is 18.4 Å². The van der Waals surface area contributed by atoms with Crippen molar-refractivity contribution in [3.8, 4) is 16.2 Å². The molecular weight excluding hydrogens is 280 g/mol. The van der Waals surface area contributed by atoms with Crippen LogP contribution in [-0.4, -0.2) is 18.6 Å². The lowest BCUT2D eigenvalue weighted by atomic mass is 10.0. The Morgan fingerprint density at radius 1 is 1.14 bits per heavy atom. The number of benzene rings is 2. The predicted octanol–water partition coefficient (Wildman–Crippen LogP) is 4.79. The molecule has 0 bridgehead atoms. The van der Waals surface area contributed by atoms with E-state index in [1.807, 2.05) is 18.3 Å². The molecule has 0 fully saturated rings. The number of thiazole rings is 1. The van der Waals surface area contributed by atoms with Crippen LogP contribution in [0.2, 0.25) is 0 Å². The molecule has 0 amide bonds. The summed E-state index contributed by atoms with van der Waals surface area (Å²) in [6.07, 6.45) is 3.04. The second-order valence-electron chi connectivity index (χ2n) is 4.82. The summed E-state index contributed by atoms with van der Waals surface area (Å²) < 4.78 is 5.45. The Morgan fingerprint density at radius 3 is 2.71 bits per heavy atom. The third-order valence-corrected chi connectivity index (χ3v) is 4.39. The number of rotatable bonds is 5. The van der Waals surface area contributed by atoms with E-state index in [0.717, 1.165) is 29.2 Å². The molecule has 0 saturated heterocycles. The van der Waals surface area contributed by atoms with Crippen LogP contribution >= 0.6 is 11.3 Å². The molecule has 4 heteroatoms. The Bertz CT molecular complexity index is 751. The van der Waals surface area contributed by atoms with Crippen molar-refractivity contribution in [3.05, 3.63) is 42.6 Å². The topological polar surface area (TPSA) is 34.2 Å². The van der Waals surface area contributed by atoms with E-state index in [9.17, 15) is 0 Å². The molecule has 0 aliphatic heterocycles. The lowest BCUT2D eigenvalue weighted by Gasteiger charge is -2.08. The van der Waals surface area contributed by atoms with Gasteiger partial charge in [0.2, 0.25) is 0 Å². The van der Waals surface area contributed by atoms with Gasteiger partial charge in [0.15, 0.2) is 5.13 Å². The first kappa shape index (κ1) is 13.9.